The van der Waals surface area contributed by atoms with Crippen molar-refractivity contribution in [1.29, 1.82) is 0 Å². The number of hydrogen-bond acceptors (Lipinski definition) is 5. The van der Waals surface area contributed by atoms with Crippen LogP contribution in [-0.4, -0.2) is 23.8 Å². The topological polar surface area (TPSA) is 74.2 Å². The van der Waals surface area contributed by atoms with Gasteiger partial charge in [-0.25, -0.2) is 0 Å². The predicted octanol–water partition coefficient (Wildman–Crippen LogP) is 1.09. The van der Waals surface area contributed by atoms with Gasteiger partial charge in [-0.2, -0.15) is 4.98 Å². The minimum absolute atomic E-state index is 0.0239. The molecule has 88 valence electrons. The molecule has 0 radical (unpaired) electrons. The summed E-state index contributed by atoms with van der Waals surface area (Å²) in [6.07, 6.45) is 5.26. The van der Waals surface area contributed by atoms with E-state index in [1.165, 1.54) is 6.42 Å². The third-order valence-electron chi connectivity index (χ3n) is 4.08. The predicted molar refractivity (Wildman–Crippen MR) is 56.8 cm³/mol. The first-order chi connectivity index (χ1) is 7.75. The Labute approximate surface area is 94.3 Å². The summed E-state index contributed by atoms with van der Waals surface area (Å²) in [6.45, 7) is 0.592. The Morgan fingerprint density at radius 2 is 2.12 bits per heavy atom. The molecule has 0 bridgehead atoms. The van der Waals surface area contributed by atoms with Gasteiger partial charge in [-0.1, -0.05) is 5.16 Å². The van der Waals surface area contributed by atoms with Crippen molar-refractivity contribution in [2.75, 3.05) is 13.7 Å². The van der Waals surface area contributed by atoms with Crippen LogP contribution in [0.25, 0.3) is 0 Å². The fourth-order valence-electron chi connectivity index (χ4n) is 2.30. The average molecular weight is 223 g/mol. The second-order valence-corrected chi connectivity index (χ2v) is 4.96. The van der Waals surface area contributed by atoms with E-state index in [4.69, 9.17) is 15.0 Å². The number of aromatic nitrogens is 2. The quantitative estimate of drug-likeness (QED) is 0.826. The molecule has 2 saturated carbocycles. The van der Waals surface area contributed by atoms with E-state index in [1.807, 2.05) is 0 Å². The maximum absolute atomic E-state index is 5.74. The van der Waals surface area contributed by atoms with E-state index in [9.17, 15) is 0 Å². The molecule has 2 fully saturated rings. The largest absolute Gasteiger partial charge is 0.370 e. The van der Waals surface area contributed by atoms with Gasteiger partial charge in [0.2, 0.25) is 11.7 Å². The first-order valence-corrected chi connectivity index (χ1v) is 5.85. The Bertz CT molecular complexity index is 388. The van der Waals surface area contributed by atoms with Gasteiger partial charge in [0.05, 0.1) is 5.41 Å². The van der Waals surface area contributed by atoms with Crippen LogP contribution < -0.4 is 5.73 Å². The van der Waals surface area contributed by atoms with Gasteiger partial charge in [0, 0.05) is 13.7 Å². The van der Waals surface area contributed by atoms with Crippen LogP contribution in [0.3, 0.4) is 0 Å². The fraction of sp³-hybridized carbons (Fsp3) is 0.818. The number of nitrogens with zero attached hydrogens (tertiary/aromatic N) is 2. The highest BCUT2D eigenvalue weighted by molar-refractivity contribution is 5.18. The van der Waals surface area contributed by atoms with Gasteiger partial charge >= 0.3 is 0 Å². The highest BCUT2D eigenvalue weighted by Gasteiger charge is 2.50. The van der Waals surface area contributed by atoms with Crippen molar-refractivity contribution in [3.05, 3.63) is 11.7 Å². The first kappa shape index (κ1) is 10.2. The number of rotatable bonds is 4. The van der Waals surface area contributed by atoms with Crippen LogP contribution >= 0.6 is 0 Å². The Morgan fingerprint density at radius 1 is 1.38 bits per heavy atom. The molecule has 0 aliphatic heterocycles. The molecule has 2 aliphatic carbocycles. The lowest BCUT2D eigenvalue weighted by atomic mass is 9.79. The van der Waals surface area contributed by atoms with Gasteiger partial charge in [-0.3, -0.25) is 0 Å². The summed E-state index contributed by atoms with van der Waals surface area (Å²) in [6, 6.07) is 0. The van der Waals surface area contributed by atoms with Gasteiger partial charge in [-0.15, -0.1) is 0 Å². The maximum atomic E-state index is 5.74. The molecule has 0 aromatic carbocycles. The summed E-state index contributed by atoms with van der Waals surface area (Å²) in [5.41, 5.74) is 5.43. The van der Waals surface area contributed by atoms with Gasteiger partial charge in [0.15, 0.2) is 0 Å². The summed E-state index contributed by atoms with van der Waals surface area (Å²) >= 11 is 0. The normalized spacial score (nSPS) is 25.1. The molecule has 0 unspecified atom stereocenters. The summed E-state index contributed by atoms with van der Waals surface area (Å²) in [5.74, 6) is 1.41. The van der Waals surface area contributed by atoms with Crippen LogP contribution in [0.4, 0.5) is 0 Å². The van der Waals surface area contributed by atoms with E-state index < -0.39 is 0 Å². The summed E-state index contributed by atoms with van der Waals surface area (Å²) in [5, 5.41) is 4.07. The van der Waals surface area contributed by atoms with Crippen LogP contribution in [0.2, 0.25) is 0 Å². The van der Waals surface area contributed by atoms with Crippen molar-refractivity contribution >= 4 is 0 Å². The SMILES string of the molecule is COC1(c2noc(C3(CN)CC3)n2)CCC1. The number of ether oxygens (including phenoxy) is 1. The zero-order valence-corrected chi connectivity index (χ0v) is 9.53. The number of hydrogen-bond donors (Lipinski definition) is 1. The lowest BCUT2D eigenvalue weighted by molar-refractivity contribution is -0.0858. The maximum Gasteiger partial charge on any atom is 0.234 e. The van der Waals surface area contributed by atoms with Gasteiger partial charge < -0.3 is 15.0 Å². The van der Waals surface area contributed by atoms with Crippen molar-refractivity contribution in [3.63, 3.8) is 0 Å². The van der Waals surface area contributed by atoms with Gasteiger partial charge in [-0.05, 0) is 32.1 Å². The molecular formula is C11H17N3O2. The molecule has 5 heteroatoms. The summed E-state index contributed by atoms with van der Waals surface area (Å²) in [4.78, 5) is 4.50. The highest BCUT2D eigenvalue weighted by Crippen LogP contribution is 2.48. The van der Waals surface area contributed by atoms with Gasteiger partial charge in [0.1, 0.15) is 5.60 Å². The zero-order chi connectivity index (χ0) is 11.2. The molecule has 16 heavy (non-hydrogen) atoms. The highest BCUT2D eigenvalue weighted by atomic mass is 16.5. The van der Waals surface area contributed by atoms with Crippen LogP contribution in [0.1, 0.15) is 43.8 Å². The van der Waals surface area contributed by atoms with E-state index in [0.717, 1.165) is 25.7 Å². The molecule has 1 heterocycles. The van der Waals surface area contributed by atoms with Crippen molar-refractivity contribution in [2.24, 2.45) is 5.73 Å². The zero-order valence-electron chi connectivity index (χ0n) is 9.53. The Morgan fingerprint density at radius 3 is 2.56 bits per heavy atom. The van der Waals surface area contributed by atoms with E-state index in [2.05, 4.69) is 10.1 Å². The molecule has 0 amide bonds. The molecule has 5 nitrogen and oxygen atoms in total. The van der Waals surface area contributed by atoms with Crippen LogP contribution in [-0.2, 0) is 15.8 Å². The molecule has 2 N–H and O–H groups in total. The van der Waals surface area contributed by atoms with Crippen molar-refractivity contribution in [1.82, 2.24) is 10.1 Å². The van der Waals surface area contributed by atoms with Crippen LogP contribution in [0.15, 0.2) is 4.52 Å². The van der Waals surface area contributed by atoms with Crippen molar-refractivity contribution < 1.29 is 9.26 Å². The van der Waals surface area contributed by atoms with E-state index in [0.29, 0.717) is 18.3 Å². The Balaban J connectivity index is 1.88. The standard InChI is InChI=1S/C11H17N3O2/c1-15-11(3-2-4-11)8-13-9(16-14-8)10(7-12)5-6-10/h2-7,12H2,1H3. The average Bonchev–Trinajstić information content (AvgIpc) is 2.90. The monoisotopic (exact) mass is 223 g/mol. The summed E-state index contributed by atoms with van der Waals surface area (Å²) in [7, 11) is 1.71. The molecule has 0 saturated heterocycles. The molecule has 0 spiro atoms. The fourth-order valence-corrected chi connectivity index (χ4v) is 2.30. The molecule has 3 rings (SSSR count). The summed E-state index contributed by atoms with van der Waals surface area (Å²) < 4.78 is 10.9. The Kier molecular flexibility index (Phi) is 2.09. The minimum Gasteiger partial charge on any atom is -0.370 e. The Hall–Kier alpha value is -0.940. The number of nitrogens with two attached hydrogens (primary N) is 1. The molecule has 1 aromatic heterocycles. The van der Waals surface area contributed by atoms with E-state index >= 15 is 0 Å². The lowest BCUT2D eigenvalue weighted by Crippen LogP contribution is -2.37. The second kappa shape index (κ2) is 3.28. The smallest absolute Gasteiger partial charge is 0.234 e. The van der Waals surface area contributed by atoms with Crippen LogP contribution in [0.5, 0.6) is 0 Å². The molecule has 0 atom stereocenters. The third kappa shape index (κ3) is 1.25. The van der Waals surface area contributed by atoms with Gasteiger partial charge in [0.25, 0.3) is 0 Å². The van der Waals surface area contributed by atoms with E-state index in [1.54, 1.807) is 7.11 Å². The minimum atomic E-state index is -0.285. The molecular weight excluding hydrogens is 206 g/mol. The van der Waals surface area contributed by atoms with Crippen LogP contribution in [0, 0.1) is 0 Å². The molecule has 1 aromatic rings. The van der Waals surface area contributed by atoms with Crippen molar-refractivity contribution in [3.8, 4) is 0 Å². The first-order valence-electron chi connectivity index (χ1n) is 5.85. The molecule has 2 aliphatic rings. The van der Waals surface area contributed by atoms with Crippen molar-refractivity contribution in [2.45, 2.75) is 43.1 Å². The van der Waals surface area contributed by atoms with E-state index in [-0.39, 0.29) is 11.0 Å². The third-order valence-corrected chi connectivity index (χ3v) is 4.08. The second-order valence-electron chi connectivity index (χ2n) is 4.96. The number of methoxy groups -OCH3 is 1. The lowest BCUT2D eigenvalue weighted by Gasteiger charge is -2.37.